The number of carboxylic acid groups (broad SMARTS) is 1. The molecule has 1 fully saturated rings. The summed E-state index contributed by atoms with van der Waals surface area (Å²) in [5, 5.41) is 12.3. The van der Waals surface area contributed by atoms with Gasteiger partial charge in [-0.3, -0.25) is 9.36 Å². The molecule has 3 atom stereocenters. The van der Waals surface area contributed by atoms with Crippen molar-refractivity contribution in [3.63, 3.8) is 0 Å². The van der Waals surface area contributed by atoms with Crippen LogP contribution in [0.15, 0.2) is 60.7 Å². The number of carboxylic acids is 1. The normalized spacial score (nSPS) is 19.1. The zero-order valence-corrected chi connectivity index (χ0v) is 17.8. The second-order valence-corrected chi connectivity index (χ2v) is 9.65. The number of aliphatic carboxylic acids is 1. The molecule has 0 spiro atoms. The van der Waals surface area contributed by atoms with E-state index >= 15 is 0 Å². The summed E-state index contributed by atoms with van der Waals surface area (Å²) in [5.41, 5.74) is 1.01. The fraction of sp³-hybridized carbons (Fsp3) is 0.364. The van der Waals surface area contributed by atoms with E-state index < -0.39 is 25.6 Å². The summed E-state index contributed by atoms with van der Waals surface area (Å²) in [6.45, 7) is 1.98. The molecule has 7 nitrogen and oxygen atoms in total. The number of hydrogen-bond acceptors (Lipinski definition) is 4. The third-order valence-electron chi connectivity index (χ3n) is 5.12. The molecule has 2 N–H and O–H groups in total. The Kier molecular flexibility index (Phi) is 7.29. The van der Waals surface area contributed by atoms with Gasteiger partial charge in [-0.05, 0) is 43.9 Å². The minimum atomic E-state index is -3.45. The van der Waals surface area contributed by atoms with Gasteiger partial charge in [0.25, 0.3) is 0 Å². The van der Waals surface area contributed by atoms with Crippen LogP contribution in [-0.4, -0.2) is 46.7 Å². The Balaban J connectivity index is 1.74. The third kappa shape index (κ3) is 5.71. The number of rotatable bonds is 9. The van der Waals surface area contributed by atoms with Crippen molar-refractivity contribution in [1.82, 2.24) is 9.99 Å². The van der Waals surface area contributed by atoms with Gasteiger partial charge in [-0.25, -0.2) is 9.88 Å². The molecule has 3 rings (SSSR count). The van der Waals surface area contributed by atoms with Crippen molar-refractivity contribution in [3.8, 4) is 5.75 Å². The first-order chi connectivity index (χ1) is 14.4. The molecule has 2 aromatic carbocycles. The lowest BCUT2D eigenvalue weighted by Crippen LogP contribution is -2.48. The number of para-hydroxylation sites is 1. The molecule has 0 radical (unpaired) electrons. The Hall–Kier alpha value is -2.63. The Morgan fingerprint density at radius 1 is 1.17 bits per heavy atom. The number of carbonyl (C=O) groups excluding carboxylic acids is 1. The van der Waals surface area contributed by atoms with Crippen LogP contribution in [0.4, 0.5) is 0 Å². The summed E-state index contributed by atoms with van der Waals surface area (Å²) < 4.78 is 19.5. The smallest absolute Gasteiger partial charge is 0.326 e. The van der Waals surface area contributed by atoms with Crippen molar-refractivity contribution in [3.05, 3.63) is 66.2 Å². The largest absolute Gasteiger partial charge is 0.480 e. The predicted molar refractivity (Wildman–Crippen MR) is 115 cm³/mol. The van der Waals surface area contributed by atoms with Crippen LogP contribution in [0.25, 0.3) is 0 Å². The summed E-state index contributed by atoms with van der Waals surface area (Å²) in [5.74, 6) is -0.942. The monoisotopic (exact) mass is 430 g/mol. The molecule has 0 aromatic heterocycles. The molecule has 1 unspecified atom stereocenters. The summed E-state index contributed by atoms with van der Waals surface area (Å²) in [6.07, 6.45) is 1.79. The highest BCUT2D eigenvalue weighted by Crippen LogP contribution is 2.44. The van der Waals surface area contributed by atoms with Crippen molar-refractivity contribution in [2.24, 2.45) is 0 Å². The van der Waals surface area contributed by atoms with Crippen LogP contribution in [0, 0.1) is 0 Å². The summed E-state index contributed by atoms with van der Waals surface area (Å²) in [4.78, 5) is 25.7. The fourth-order valence-corrected chi connectivity index (χ4v) is 5.58. The number of hydrogen-bond donors (Lipinski definition) is 2. The maximum Gasteiger partial charge on any atom is 0.326 e. The molecule has 30 heavy (non-hydrogen) atoms. The molecular weight excluding hydrogens is 403 g/mol. The van der Waals surface area contributed by atoms with E-state index in [1.54, 1.807) is 31.2 Å². The van der Waals surface area contributed by atoms with E-state index in [4.69, 9.17) is 4.52 Å². The standard InChI is InChI=1S/C22H27N2O5P/c1-17(21(25)24-15-8-13-20(24)22(26)27)23-30(28,29-19-11-6-3-7-12-19)16-14-18-9-4-2-5-10-18/h2-7,9-12,17,20H,8,13-16H2,1H3,(H,23,28)(H,26,27)/t17-,20+,30?/m1/s1. The number of aryl methyl sites for hydroxylation is 1. The van der Waals surface area contributed by atoms with Gasteiger partial charge in [-0.15, -0.1) is 0 Å². The molecule has 2 aromatic rings. The fourth-order valence-electron chi connectivity index (χ4n) is 3.60. The molecule has 1 aliphatic rings. The van der Waals surface area contributed by atoms with Gasteiger partial charge in [0, 0.05) is 6.54 Å². The lowest BCUT2D eigenvalue weighted by molar-refractivity contribution is -0.148. The average Bonchev–Trinajstić information content (AvgIpc) is 3.23. The van der Waals surface area contributed by atoms with E-state index in [2.05, 4.69) is 5.09 Å². The van der Waals surface area contributed by atoms with Crippen molar-refractivity contribution in [1.29, 1.82) is 0 Å². The zero-order valence-electron chi connectivity index (χ0n) is 16.9. The average molecular weight is 430 g/mol. The maximum absolute atomic E-state index is 13.7. The molecular formula is C22H27N2O5P. The minimum absolute atomic E-state index is 0.200. The van der Waals surface area contributed by atoms with Crippen LogP contribution in [0.3, 0.4) is 0 Å². The Morgan fingerprint density at radius 3 is 2.43 bits per heavy atom. The second-order valence-electron chi connectivity index (χ2n) is 7.42. The summed E-state index contributed by atoms with van der Waals surface area (Å²) in [7, 11) is -3.45. The van der Waals surface area contributed by atoms with Gasteiger partial charge < -0.3 is 14.5 Å². The van der Waals surface area contributed by atoms with Crippen LogP contribution >= 0.6 is 7.52 Å². The number of benzene rings is 2. The highest BCUT2D eigenvalue weighted by molar-refractivity contribution is 7.57. The molecule has 0 saturated carbocycles. The third-order valence-corrected chi connectivity index (χ3v) is 7.21. The van der Waals surface area contributed by atoms with Gasteiger partial charge in [0.05, 0.1) is 12.2 Å². The highest BCUT2D eigenvalue weighted by atomic mass is 31.2. The van der Waals surface area contributed by atoms with E-state index in [9.17, 15) is 19.3 Å². The molecule has 1 heterocycles. The predicted octanol–water partition coefficient (Wildman–Crippen LogP) is 3.55. The van der Waals surface area contributed by atoms with Gasteiger partial charge in [-0.2, -0.15) is 0 Å². The maximum atomic E-state index is 13.7. The zero-order chi connectivity index (χ0) is 21.6. The number of nitrogens with zero attached hydrogens (tertiary/aromatic N) is 1. The molecule has 1 aliphatic heterocycles. The second kappa shape index (κ2) is 9.92. The molecule has 0 bridgehead atoms. The number of carbonyl (C=O) groups is 2. The molecule has 160 valence electrons. The van der Waals surface area contributed by atoms with Gasteiger partial charge in [0.2, 0.25) is 5.91 Å². The van der Waals surface area contributed by atoms with Gasteiger partial charge in [0.1, 0.15) is 11.8 Å². The van der Waals surface area contributed by atoms with Crippen LogP contribution < -0.4 is 9.61 Å². The van der Waals surface area contributed by atoms with Crippen molar-refractivity contribution in [2.45, 2.75) is 38.3 Å². The van der Waals surface area contributed by atoms with E-state index in [1.165, 1.54) is 4.90 Å². The first kappa shape index (κ1) is 22.1. The van der Waals surface area contributed by atoms with Crippen molar-refractivity contribution in [2.75, 3.05) is 12.7 Å². The van der Waals surface area contributed by atoms with Gasteiger partial charge in [-0.1, -0.05) is 48.5 Å². The quantitative estimate of drug-likeness (QED) is 0.591. The number of amides is 1. The number of nitrogens with one attached hydrogen (secondary N) is 1. The molecule has 8 heteroatoms. The molecule has 1 saturated heterocycles. The number of likely N-dealkylation sites (tertiary alicyclic amines) is 1. The Labute approximate surface area is 176 Å². The first-order valence-electron chi connectivity index (χ1n) is 10.1. The van der Waals surface area contributed by atoms with Crippen molar-refractivity contribution >= 4 is 19.4 Å². The van der Waals surface area contributed by atoms with E-state index in [-0.39, 0.29) is 12.1 Å². The topological polar surface area (TPSA) is 95.9 Å². The van der Waals surface area contributed by atoms with Gasteiger partial charge >= 0.3 is 13.5 Å². The van der Waals surface area contributed by atoms with Crippen molar-refractivity contribution < 1.29 is 23.8 Å². The lowest BCUT2D eigenvalue weighted by Gasteiger charge is -2.28. The Morgan fingerprint density at radius 2 is 1.80 bits per heavy atom. The molecule has 0 aliphatic carbocycles. The van der Waals surface area contributed by atoms with E-state index in [0.717, 1.165) is 5.56 Å². The summed E-state index contributed by atoms with van der Waals surface area (Å²) >= 11 is 0. The molecule has 1 amide bonds. The highest BCUT2D eigenvalue weighted by Gasteiger charge is 2.38. The van der Waals surface area contributed by atoms with E-state index in [1.807, 2.05) is 36.4 Å². The van der Waals surface area contributed by atoms with Crippen LogP contribution in [-0.2, 0) is 20.6 Å². The summed E-state index contributed by atoms with van der Waals surface area (Å²) in [6, 6.07) is 16.8. The van der Waals surface area contributed by atoms with Gasteiger partial charge in [0.15, 0.2) is 0 Å². The lowest BCUT2D eigenvalue weighted by atomic mass is 10.2. The Bertz CT molecular complexity index is 906. The SMILES string of the molecule is C[C@@H](NP(=O)(CCc1ccccc1)Oc1ccccc1)C(=O)N1CCC[C@H]1C(=O)O. The van der Waals surface area contributed by atoms with E-state index in [0.29, 0.717) is 31.6 Å². The minimum Gasteiger partial charge on any atom is -0.480 e. The van der Waals surface area contributed by atoms with Crippen LogP contribution in [0.1, 0.15) is 25.3 Å². The van der Waals surface area contributed by atoms with Crippen LogP contribution in [0.2, 0.25) is 0 Å². The first-order valence-corrected chi connectivity index (χ1v) is 11.9. The van der Waals surface area contributed by atoms with Crippen LogP contribution in [0.5, 0.6) is 5.75 Å².